The third-order valence-electron chi connectivity index (χ3n) is 0.167. The maximum absolute atomic E-state index is 9.00. The van der Waals surface area contributed by atoms with Gasteiger partial charge < -0.3 is 31.9 Å². The maximum Gasteiger partial charge on any atom is 0.300 e. The maximum atomic E-state index is 9.00. The second kappa shape index (κ2) is 49.5. The number of aliphatic carboxylic acids is 4. The van der Waals surface area contributed by atoms with Crippen molar-refractivity contribution in [2.75, 3.05) is 13.1 Å². The van der Waals surface area contributed by atoms with E-state index in [2.05, 4.69) is 0 Å². The zero-order valence-electron chi connectivity index (χ0n) is 14.3. The van der Waals surface area contributed by atoms with Crippen molar-refractivity contribution in [3.63, 3.8) is 0 Å². The molecule has 135 valence electrons. The summed E-state index contributed by atoms with van der Waals surface area (Å²) in [4.78, 5) is 36.0. The summed E-state index contributed by atoms with van der Waals surface area (Å²) in [5.74, 6) is -3.33. The zero-order chi connectivity index (χ0) is 17.7. The molecule has 0 unspecified atom stereocenters. The van der Waals surface area contributed by atoms with E-state index in [0.29, 0.717) is 13.1 Å². The summed E-state index contributed by atoms with van der Waals surface area (Å²) in [5.41, 5.74) is 9.81. The Morgan fingerprint density at radius 2 is 0.652 bits per heavy atom. The van der Waals surface area contributed by atoms with E-state index in [1.54, 1.807) is 0 Å². The molecule has 0 aromatic rings. The van der Waals surface area contributed by atoms with Crippen LogP contribution in [0, 0.1) is 0 Å². The number of nitrogens with two attached hydrogens (primary N) is 2. The molecule has 0 aromatic heterocycles. The molecule has 3 radical (unpaired) electrons. The molecule has 23 heavy (non-hydrogen) atoms. The molecule has 0 atom stereocenters. The predicted molar refractivity (Wildman–Crippen MR) is 82.9 cm³/mol. The SMILES string of the molecule is CC(=O)O.CC(=O)O.CC(=O)O.CC(=O)O.NCCN.[Cu].[Na].[Na]. The van der Waals surface area contributed by atoms with Crippen molar-refractivity contribution in [1.29, 1.82) is 0 Å². The molecule has 0 aliphatic carbocycles. The van der Waals surface area contributed by atoms with Crippen molar-refractivity contribution in [2.24, 2.45) is 11.5 Å². The fraction of sp³-hybridized carbons (Fsp3) is 0.600. The van der Waals surface area contributed by atoms with Crippen molar-refractivity contribution < 1.29 is 56.7 Å². The van der Waals surface area contributed by atoms with Gasteiger partial charge in [0.2, 0.25) is 0 Å². The first kappa shape index (κ1) is 49.5. The van der Waals surface area contributed by atoms with E-state index >= 15 is 0 Å². The number of carboxylic acids is 4. The minimum Gasteiger partial charge on any atom is -0.481 e. The summed E-state index contributed by atoms with van der Waals surface area (Å²) < 4.78 is 0. The third-order valence-corrected chi connectivity index (χ3v) is 0.167. The summed E-state index contributed by atoms with van der Waals surface area (Å²) in [6.45, 7) is 5.53. The number of carboxylic acid groups (broad SMARTS) is 4. The van der Waals surface area contributed by atoms with Crippen molar-refractivity contribution in [3.05, 3.63) is 0 Å². The normalized spacial score (nSPS) is 5.65. The molecule has 0 aromatic carbocycles. The Balaban J connectivity index is -0.0000000197. The van der Waals surface area contributed by atoms with E-state index < -0.39 is 23.9 Å². The van der Waals surface area contributed by atoms with E-state index in [1.165, 1.54) is 0 Å². The van der Waals surface area contributed by atoms with Crippen LogP contribution >= 0.6 is 0 Å². The van der Waals surface area contributed by atoms with Gasteiger partial charge in [0.15, 0.2) is 0 Å². The first-order valence-electron chi connectivity index (χ1n) is 5.03. The van der Waals surface area contributed by atoms with Gasteiger partial charge in [-0.05, 0) is 0 Å². The van der Waals surface area contributed by atoms with Crippen LogP contribution in [0.1, 0.15) is 27.7 Å². The number of rotatable bonds is 1. The van der Waals surface area contributed by atoms with Crippen LogP contribution in [0.3, 0.4) is 0 Å². The molecule has 8 N–H and O–H groups in total. The van der Waals surface area contributed by atoms with Gasteiger partial charge in [-0.25, -0.2) is 0 Å². The molecule has 0 amide bonds. The van der Waals surface area contributed by atoms with Crippen molar-refractivity contribution in [2.45, 2.75) is 27.7 Å². The Bertz CT molecular complexity index is 205. The second-order valence-corrected chi connectivity index (χ2v) is 2.65. The Morgan fingerprint density at radius 3 is 0.652 bits per heavy atom. The van der Waals surface area contributed by atoms with E-state index in [4.69, 9.17) is 51.1 Å². The standard InChI is InChI=1S/C2H8N2.4C2H4O2.Cu.2Na/c3-1-2-4;4*1-2(3)4;;;/h1-4H2;4*1H3,(H,3,4);;;. The van der Waals surface area contributed by atoms with Gasteiger partial charge in [0.1, 0.15) is 0 Å². The van der Waals surface area contributed by atoms with Gasteiger partial charge in [0.25, 0.3) is 23.9 Å². The van der Waals surface area contributed by atoms with Crippen molar-refractivity contribution >= 4 is 83.0 Å². The molecule has 0 fully saturated rings. The summed E-state index contributed by atoms with van der Waals surface area (Å²) in [6, 6.07) is 0. The van der Waals surface area contributed by atoms with E-state index in [0.717, 1.165) is 27.7 Å². The van der Waals surface area contributed by atoms with Gasteiger partial charge in [-0.3, -0.25) is 19.2 Å². The largest absolute Gasteiger partial charge is 0.481 e. The third kappa shape index (κ3) is 5290. The van der Waals surface area contributed by atoms with E-state index in [1.807, 2.05) is 0 Å². The van der Waals surface area contributed by atoms with Crippen molar-refractivity contribution in [1.82, 2.24) is 0 Å². The Labute approximate surface area is 190 Å². The van der Waals surface area contributed by atoms with Crippen LogP contribution in [-0.2, 0) is 36.2 Å². The van der Waals surface area contributed by atoms with Crippen LogP contribution in [0.25, 0.3) is 0 Å². The summed E-state index contributed by atoms with van der Waals surface area (Å²) >= 11 is 0. The van der Waals surface area contributed by atoms with Gasteiger partial charge in [-0.15, -0.1) is 0 Å². The molecule has 0 rings (SSSR count). The summed E-state index contributed by atoms with van der Waals surface area (Å²) in [6.07, 6.45) is 0. The predicted octanol–water partition coefficient (Wildman–Crippen LogP) is -1.50. The van der Waals surface area contributed by atoms with Gasteiger partial charge >= 0.3 is 0 Å². The first-order chi connectivity index (χ1) is 8.84. The average Bonchev–Trinajstić information content (AvgIpc) is 2.13. The molecule has 0 saturated carbocycles. The van der Waals surface area contributed by atoms with Crippen LogP contribution in [0.2, 0.25) is 0 Å². The van der Waals surface area contributed by atoms with Gasteiger partial charge in [0, 0.05) is 117 Å². The topological polar surface area (TPSA) is 201 Å². The minimum atomic E-state index is -0.833. The zero-order valence-corrected chi connectivity index (χ0v) is 19.2. The second-order valence-electron chi connectivity index (χ2n) is 2.65. The van der Waals surface area contributed by atoms with Gasteiger partial charge in [-0.1, -0.05) is 0 Å². The molecule has 0 spiro atoms. The molecular formula is C10H24CuN2Na2O8. The van der Waals surface area contributed by atoms with Gasteiger partial charge in [-0.2, -0.15) is 0 Å². The number of hydrogen-bond donors (Lipinski definition) is 6. The van der Waals surface area contributed by atoms with Crippen LogP contribution in [0.4, 0.5) is 0 Å². The number of hydrogen-bond acceptors (Lipinski definition) is 6. The summed E-state index contributed by atoms with van der Waals surface area (Å²) in [5, 5.41) is 29.7. The minimum absolute atomic E-state index is 0. The molecule has 0 heterocycles. The van der Waals surface area contributed by atoms with Crippen molar-refractivity contribution in [3.8, 4) is 0 Å². The monoisotopic (exact) mass is 409 g/mol. The first-order valence-corrected chi connectivity index (χ1v) is 5.03. The van der Waals surface area contributed by atoms with Gasteiger partial charge in [0.05, 0.1) is 0 Å². The molecule has 0 saturated heterocycles. The molecular weight excluding hydrogens is 386 g/mol. The van der Waals surface area contributed by atoms with E-state index in [9.17, 15) is 0 Å². The molecule has 13 heteroatoms. The van der Waals surface area contributed by atoms with Crippen LogP contribution in [-0.4, -0.2) is 117 Å². The fourth-order valence-corrected chi connectivity index (χ4v) is 0. The van der Waals surface area contributed by atoms with Crippen LogP contribution in [0.5, 0.6) is 0 Å². The number of carbonyl (C=O) groups is 4. The Morgan fingerprint density at radius 1 is 0.609 bits per heavy atom. The Kier molecular flexibility index (Phi) is 106. The van der Waals surface area contributed by atoms with Crippen LogP contribution in [0.15, 0.2) is 0 Å². The quantitative estimate of drug-likeness (QED) is 0.277. The van der Waals surface area contributed by atoms with E-state index in [-0.39, 0.29) is 76.2 Å². The smallest absolute Gasteiger partial charge is 0.300 e. The summed E-state index contributed by atoms with van der Waals surface area (Å²) in [7, 11) is 0. The molecule has 0 aliphatic rings. The van der Waals surface area contributed by atoms with Crippen LogP contribution < -0.4 is 11.5 Å². The average molecular weight is 410 g/mol. The Hall–Kier alpha value is 0.319. The molecule has 0 aliphatic heterocycles. The fourth-order valence-electron chi connectivity index (χ4n) is 0. The molecule has 10 nitrogen and oxygen atoms in total. The molecule has 0 bridgehead atoms.